The van der Waals surface area contributed by atoms with Gasteiger partial charge in [0.1, 0.15) is 0 Å². The molecule has 39 heavy (non-hydrogen) atoms. The number of carbonyl (C=O) groups is 2. The Hall–Kier alpha value is -4.37. The molecular weight excluding hydrogens is 508 g/mol. The first-order valence-corrected chi connectivity index (χ1v) is 13.8. The number of fused-ring (bicyclic) bond motifs is 1. The van der Waals surface area contributed by atoms with E-state index in [1.165, 1.54) is 11.3 Å². The molecule has 0 spiro atoms. The van der Waals surface area contributed by atoms with Crippen LogP contribution in [0, 0.1) is 6.92 Å². The van der Waals surface area contributed by atoms with Crippen LogP contribution >= 0.6 is 11.3 Å². The van der Waals surface area contributed by atoms with Crippen LogP contribution in [0.5, 0.6) is 0 Å². The van der Waals surface area contributed by atoms with Crippen molar-refractivity contribution >= 4 is 34.1 Å². The normalized spacial score (nSPS) is 14.6. The van der Waals surface area contributed by atoms with E-state index in [1.807, 2.05) is 62.8 Å². The molecule has 9 heteroatoms. The molecule has 3 aromatic heterocycles. The Bertz CT molecular complexity index is 1700. The molecule has 2 N–H and O–H groups in total. The van der Waals surface area contributed by atoms with E-state index in [9.17, 15) is 9.59 Å². The van der Waals surface area contributed by atoms with Crippen LogP contribution in [0.2, 0.25) is 0 Å². The van der Waals surface area contributed by atoms with Crippen molar-refractivity contribution in [3.8, 4) is 11.3 Å². The first-order valence-electron chi connectivity index (χ1n) is 12.8. The van der Waals surface area contributed by atoms with Crippen molar-refractivity contribution in [3.63, 3.8) is 0 Å². The molecule has 0 bridgehead atoms. The molecule has 5 aromatic rings. The quantitative estimate of drug-likeness (QED) is 0.294. The molecule has 8 nitrogen and oxygen atoms in total. The maximum atomic E-state index is 13.4. The van der Waals surface area contributed by atoms with Crippen LogP contribution in [0.15, 0.2) is 71.8 Å². The van der Waals surface area contributed by atoms with Crippen molar-refractivity contribution in [1.82, 2.24) is 30.4 Å². The number of amides is 2. The number of para-hydroxylation sites is 1. The molecule has 1 saturated carbocycles. The summed E-state index contributed by atoms with van der Waals surface area (Å²) in [5.74, 6) is -0.355. The zero-order chi connectivity index (χ0) is 27.1. The second kappa shape index (κ2) is 9.74. The third-order valence-electron chi connectivity index (χ3n) is 7.32. The van der Waals surface area contributed by atoms with Crippen LogP contribution in [0.1, 0.15) is 63.3 Å². The summed E-state index contributed by atoms with van der Waals surface area (Å²) in [6.45, 7) is 3.82. The van der Waals surface area contributed by atoms with E-state index in [0.29, 0.717) is 11.1 Å². The zero-order valence-corrected chi connectivity index (χ0v) is 22.7. The average Bonchev–Trinajstić information content (AvgIpc) is 3.28. The van der Waals surface area contributed by atoms with Crippen LogP contribution < -0.4 is 10.6 Å². The molecule has 3 heterocycles. The fourth-order valence-corrected chi connectivity index (χ4v) is 5.63. The molecular formula is C30H28N6O2S. The summed E-state index contributed by atoms with van der Waals surface area (Å²) in [4.78, 5) is 35.6. The Kier molecular flexibility index (Phi) is 6.23. The number of aromatic nitrogens is 4. The minimum atomic E-state index is -0.363. The molecule has 0 radical (unpaired) electrons. The number of hydrogen-bond donors (Lipinski definition) is 2. The zero-order valence-electron chi connectivity index (χ0n) is 21.9. The molecule has 0 saturated heterocycles. The van der Waals surface area contributed by atoms with Crippen LogP contribution in [-0.4, -0.2) is 31.6 Å². The van der Waals surface area contributed by atoms with Gasteiger partial charge in [-0.3, -0.25) is 14.3 Å². The van der Waals surface area contributed by atoms with E-state index < -0.39 is 0 Å². The number of hydrogen-bond acceptors (Lipinski definition) is 6. The Labute approximate surface area is 230 Å². The lowest BCUT2D eigenvalue weighted by Gasteiger charge is -2.19. The fourth-order valence-electron chi connectivity index (χ4n) is 4.98. The molecule has 0 unspecified atom stereocenters. The number of rotatable bonds is 7. The van der Waals surface area contributed by atoms with E-state index in [0.717, 1.165) is 51.8 Å². The van der Waals surface area contributed by atoms with E-state index in [1.54, 1.807) is 34.6 Å². The Morgan fingerprint density at radius 1 is 1.10 bits per heavy atom. The second-order valence-corrected chi connectivity index (χ2v) is 10.9. The van der Waals surface area contributed by atoms with Crippen molar-refractivity contribution in [3.05, 3.63) is 99.8 Å². The highest BCUT2D eigenvalue weighted by Crippen LogP contribution is 2.45. The predicted octanol–water partition coefficient (Wildman–Crippen LogP) is 5.31. The molecule has 1 fully saturated rings. The number of nitrogens with zero attached hydrogens (tertiary/aromatic N) is 4. The topological polar surface area (TPSA) is 102 Å². The van der Waals surface area contributed by atoms with Crippen LogP contribution in [0.25, 0.3) is 22.2 Å². The van der Waals surface area contributed by atoms with Gasteiger partial charge in [-0.05, 0) is 68.1 Å². The summed E-state index contributed by atoms with van der Waals surface area (Å²) in [5, 5.41) is 13.5. The minimum Gasteiger partial charge on any atom is -0.345 e. The van der Waals surface area contributed by atoms with E-state index in [-0.39, 0.29) is 23.4 Å². The van der Waals surface area contributed by atoms with Gasteiger partial charge in [0.25, 0.3) is 11.8 Å². The van der Waals surface area contributed by atoms with Crippen molar-refractivity contribution in [1.29, 1.82) is 0 Å². The maximum absolute atomic E-state index is 13.4. The van der Waals surface area contributed by atoms with Gasteiger partial charge in [0.2, 0.25) is 0 Å². The highest BCUT2D eigenvalue weighted by molar-refractivity contribution is 7.07. The number of pyridine rings is 1. The van der Waals surface area contributed by atoms with Crippen LogP contribution in [-0.2, 0) is 12.6 Å². The van der Waals surface area contributed by atoms with Crippen molar-refractivity contribution in [2.45, 2.75) is 38.3 Å². The van der Waals surface area contributed by atoms with Gasteiger partial charge in [-0.2, -0.15) is 5.10 Å². The largest absolute Gasteiger partial charge is 0.345 e. The highest BCUT2D eigenvalue weighted by atomic mass is 32.1. The number of thiazole rings is 1. The predicted molar refractivity (Wildman–Crippen MR) is 151 cm³/mol. The molecule has 2 amide bonds. The first-order chi connectivity index (χ1) is 18.8. The van der Waals surface area contributed by atoms with Crippen molar-refractivity contribution in [2.75, 3.05) is 0 Å². The van der Waals surface area contributed by atoms with Gasteiger partial charge in [0.15, 0.2) is 0 Å². The van der Waals surface area contributed by atoms with Gasteiger partial charge < -0.3 is 10.6 Å². The maximum Gasteiger partial charge on any atom is 0.252 e. The molecule has 1 aliphatic carbocycles. The van der Waals surface area contributed by atoms with E-state index >= 15 is 0 Å². The number of carbonyl (C=O) groups excluding carboxylic acids is 2. The lowest BCUT2D eigenvalue weighted by atomic mass is 9.99. The van der Waals surface area contributed by atoms with Crippen molar-refractivity contribution in [2.24, 2.45) is 7.05 Å². The summed E-state index contributed by atoms with van der Waals surface area (Å²) in [5.41, 5.74) is 7.67. The van der Waals surface area contributed by atoms with Gasteiger partial charge in [0, 0.05) is 40.7 Å². The second-order valence-electron chi connectivity index (χ2n) is 10.2. The Morgan fingerprint density at radius 2 is 1.92 bits per heavy atom. The Balaban J connectivity index is 1.22. The SMILES string of the molecule is Cc1cc(C(=O)NC2(c3cscn3)CC2)ccc1C(=O)N[C@H](C)c1cc(-c2cnn(C)c2)nc2ccccc12. The molecule has 2 aromatic carbocycles. The third kappa shape index (κ3) is 4.81. The summed E-state index contributed by atoms with van der Waals surface area (Å²) < 4.78 is 1.74. The summed E-state index contributed by atoms with van der Waals surface area (Å²) in [7, 11) is 1.87. The third-order valence-corrected chi connectivity index (χ3v) is 7.91. The molecule has 6 rings (SSSR count). The number of benzene rings is 2. The van der Waals surface area contributed by atoms with Crippen LogP contribution in [0.3, 0.4) is 0 Å². The van der Waals surface area contributed by atoms with Gasteiger partial charge >= 0.3 is 0 Å². The fraction of sp³-hybridized carbons (Fsp3) is 0.233. The molecule has 0 aliphatic heterocycles. The molecule has 1 atom stereocenters. The molecule has 196 valence electrons. The molecule has 1 aliphatic rings. The highest BCUT2D eigenvalue weighted by Gasteiger charge is 2.47. The summed E-state index contributed by atoms with van der Waals surface area (Å²) >= 11 is 1.53. The average molecular weight is 537 g/mol. The summed E-state index contributed by atoms with van der Waals surface area (Å²) in [6.07, 6.45) is 5.47. The van der Waals surface area contributed by atoms with Gasteiger partial charge in [-0.25, -0.2) is 9.97 Å². The van der Waals surface area contributed by atoms with Gasteiger partial charge in [-0.15, -0.1) is 11.3 Å². The lowest BCUT2D eigenvalue weighted by molar-refractivity contribution is 0.0921. The van der Waals surface area contributed by atoms with Crippen molar-refractivity contribution < 1.29 is 9.59 Å². The van der Waals surface area contributed by atoms with Gasteiger partial charge in [-0.1, -0.05) is 18.2 Å². The Morgan fingerprint density at radius 3 is 2.62 bits per heavy atom. The first kappa shape index (κ1) is 24.9. The van der Waals surface area contributed by atoms with E-state index in [2.05, 4.69) is 20.7 Å². The number of nitrogens with one attached hydrogen (secondary N) is 2. The smallest absolute Gasteiger partial charge is 0.252 e. The number of aryl methyl sites for hydroxylation is 2. The standard InChI is InChI=1S/C30H28N6O2S/c1-18-12-20(28(37)35-30(10-11-30)27-16-39-17-31-27)8-9-22(18)29(38)33-19(2)24-13-26(21-14-32-36(3)15-21)34-25-7-5-4-6-23(24)25/h4-9,12-17,19H,10-11H2,1-3H3,(H,33,38)(H,35,37)/t19-/m1/s1. The lowest BCUT2D eigenvalue weighted by Crippen LogP contribution is -2.35. The monoisotopic (exact) mass is 536 g/mol. The summed E-state index contributed by atoms with van der Waals surface area (Å²) in [6, 6.07) is 14.9. The van der Waals surface area contributed by atoms with E-state index in [4.69, 9.17) is 4.98 Å². The van der Waals surface area contributed by atoms with Crippen LogP contribution in [0.4, 0.5) is 0 Å². The minimum absolute atomic E-state index is 0.157. The van der Waals surface area contributed by atoms with Gasteiger partial charge in [0.05, 0.1) is 40.2 Å².